The summed E-state index contributed by atoms with van der Waals surface area (Å²) in [4.78, 5) is 26.6. The predicted molar refractivity (Wildman–Crippen MR) is 105 cm³/mol. The van der Waals surface area contributed by atoms with Crippen LogP contribution in [-0.2, 0) is 22.6 Å². The van der Waals surface area contributed by atoms with Crippen LogP contribution < -0.4 is 5.32 Å². The number of hydrogen-bond donors (Lipinski definition) is 1. The zero-order chi connectivity index (χ0) is 19.1. The largest absolute Gasteiger partial charge is 0.357 e. The van der Waals surface area contributed by atoms with Gasteiger partial charge in [0.15, 0.2) is 0 Å². The molecule has 0 bridgehead atoms. The molecule has 0 aliphatic carbocycles. The number of amides is 2. The molecule has 2 rings (SSSR count). The molecule has 0 saturated carbocycles. The summed E-state index contributed by atoms with van der Waals surface area (Å²) in [5.41, 5.74) is 4.53. The molecule has 1 unspecified atom stereocenters. The molecular weight excluding hydrogens is 324 g/mol. The summed E-state index contributed by atoms with van der Waals surface area (Å²) in [6.45, 7) is 6.28. The van der Waals surface area contributed by atoms with Gasteiger partial charge in [0.25, 0.3) is 0 Å². The van der Waals surface area contributed by atoms with Crippen LogP contribution in [0.2, 0.25) is 0 Å². The number of rotatable bonds is 7. The van der Waals surface area contributed by atoms with Crippen LogP contribution in [0.25, 0.3) is 0 Å². The first-order valence-corrected chi connectivity index (χ1v) is 9.03. The summed E-state index contributed by atoms with van der Waals surface area (Å²) < 4.78 is 0. The maximum Gasteiger partial charge on any atom is 0.242 e. The molecule has 4 nitrogen and oxygen atoms in total. The third-order valence-corrected chi connectivity index (χ3v) is 4.64. The van der Waals surface area contributed by atoms with Crippen molar-refractivity contribution in [2.24, 2.45) is 0 Å². The van der Waals surface area contributed by atoms with E-state index in [1.807, 2.05) is 38.1 Å². The molecule has 0 radical (unpaired) electrons. The third kappa shape index (κ3) is 5.45. The van der Waals surface area contributed by atoms with E-state index in [1.54, 1.807) is 18.9 Å². The Bertz CT molecular complexity index is 736. The first kappa shape index (κ1) is 19.7. The molecule has 1 atom stereocenters. The molecule has 1 N–H and O–H groups in total. The highest BCUT2D eigenvalue weighted by molar-refractivity contribution is 5.87. The summed E-state index contributed by atoms with van der Waals surface area (Å²) in [6, 6.07) is 15.8. The third-order valence-electron chi connectivity index (χ3n) is 4.64. The van der Waals surface area contributed by atoms with E-state index in [2.05, 4.69) is 29.6 Å². The molecule has 0 aromatic heterocycles. The topological polar surface area (TPSA) is 49.4 Å². The van der Waals surface area contributed by atoms with Crippen molar-refractivity contribution in [2.75, 3.05) is 7.05 Å². The van der Waals surface area contributed by atoms with Crippen molar-refractivity contribution in [3.8, 4) is 0 Å². The predicted octanol–water partition coefficient (Wildman–Crippen LogP) is 3.40. The fraction of sp³-hybridized carbons (Fsp3) is 0.364. The Labute approximate surface area is 156 Å². The van der Waals surface area contributed by atoms with Gasteiger partial charge < -0.3 is 10.2 Å². The van der Waals surface area contributed by atoms with E-state index in [0.717, 1.165) is 11.1 Å². The maximum atomic E-state index is 12.9. The van der Waals surface area contributed by atoms with Crippen LogP contribution in [0.3, 0.4) is 0 Å². The van der Waals surface area contributed by atoms with Crippen LogP contribution in [0, 0.1) is 13.8 Å². The lowest BCUT2D eigenvalue weighted by molar-refractivity contribution is -0.140. The second kappa shape index (κ2) is 9.18. The first-order valence-electron chi connectivity index (χ1n) is 9.03. The highest BCUT2D eigenvalue weighted by atomic mass is 16.2. The van der Waals surface area contributed by atoms with Gasteiger partial charge in [0.05, 0.1) is 0 Å². The molecule has 0 fully saturated rings. The fourth-order valence-corrected chi connectivity index (χ4v) is 2.83. The first-order chi connectivity index (χ1) is 12.4. The van der Waals surface area contributed by atoms with Crippen molar-refractivity contribution in [3.63, 3.8) is 0 Å². The monoisotopic (exact) mass is 352 g/mol. The average Bonchev–Trinajstić information content (AvgIpc) is 2.65. The van der Waals surface area contributed by atoms with Gasteiger partial charge in [-0.25, -0.2) is 0 Å². The zero-order valence-electron chi connectivity index (χ0n) is 16.1. The minimum Gasteiger partial charge on any atom is -0.357 e. The number of nitrogens with zero attached hydrogens (tertiary/aromatic N) is 1. The van der Waals surface area contributed by atoms with Crippen LogP contribution in [0.5, 0.6) is 0 Å². The standard InChI is InChI=1S/C22H28N2O2/c1-16-5-9-19(10-6-16)13-14-21(25)24(18(3)22(26)23-4)15-20-11-7-17(2)8-12-20/h5-12,18H,13-15H2,1-4H3,(H,23,26). The van der Waals surface area contributed by atoms with Gasteiger partial charge in [-0.2, -0.15) is 0 Å². The highest BCUT2D eigenvalue weighted by Crippen LogP contribution is 2.14. The van der Waals surface area contributed by atoms with Gasteiger partial charge in [0.1, 0.15) is 6.04 Å². The summed E-state index contributed by atoms with van der Waals surface area (Å²) in [7, 11) is 1.60. The molecular formula is C22H28N2O2. The summed E-state index contributed by atoms with van der Waals surface area (Å²) in [5, 5.41) is 2.64. The maximum absolute atomic E-state index is 12.9. The summed E-state index contributed by atoms with van der Waals surface area (Å²) >= 11 is 0. The molecule has 0 aliphatic rings. The van der Waals surface area contributed by atoms with Gasteiger partial charge in [0.2, 0.25) is 11.8 Å². The Morgan fingerprint density at radius 1 is 0.923 bits per heavy atom. The lowest BCUT2D eigenvalue weighted by Gasteiger charge is -2.28. The van der Waals surface area contributed by atoms with Gasteiger partial charge in [-0.15, -0.1) is 0 Å². The normalized spacial score (nSPS) is 11.7. The SMILES string of the molecule is CNC(=O)C(C)N(Cc1ccc(C)cc1)C(=O)CCc1ccc(C)cc1. The molecule has 2 aromatic rings. The van der Waals surface area contributed by atoms with Crippen LogP contribution in [-0.4, -0.2) is 29.8 Å². The minimum absolute atomic E-state index is 0.0118. The molecule has 26 heavy (non-hydrogen) atoms. The Morgan fingerprint density at radius 3 is 1.92 bits per heavy atom. The van der Waals surface area contributed by atoms with E-state index < -0.39 is 6.04 Å². The average molecular weight is 352 g/mol. The van der Waals surface area contributed by atoms with Crippen LogP contribution in [0.4, 0.5) is 0 Å². The van der Waals surface area contributed by atoms with Gasteiger partial charge in [0, 0.05) is 20.0 Å². The molecule has 138 valence electrons. The van der Waals surface area contributed by atoms with Crippen molar-refractivity contribution in [1.82, 2.24) is 10.2 Å². The number of carbonyl (C=O) groups excluding carboxylic acids is 2. The van der Waals surface area contributed by atoms with E-state index in [1.165, 1.54) is 11.1 Å². The smallest absolute Gasteiger partial charge is 0.242 e. The fourth-order valence-electron chi connectivity index (χ4n) is 2.83. The molecule has 2 amide bonds. The van der Waals surface area contributed by atoms with E-state index in [0.29, 0.717) is 19.4 Å². The van der Waals surface area contributed by atoms with Gasteiger partial charge in [-0.3, -0.25) is 9.59 Å². The summed E-state index contributed by atoms with van der Waals surface area (Å²) in [5.74, 6) is -0.164. The van der Waals surface area contributed by atoms with E-state index in [9.17, 15) is 9.59 Å². The van der Waals surface area contributed by atoms with Crippen molar-refractivity contribution in [2.45, 2.75) is 46.2 Å². The second-order valence-corrected chi connectivity index (χ2v) is 6.78. The molecule has 0 saturated heterocycles. The summed E-state index contributed by atoms with van der Waals surface area (Å²) in [6.07, 6.45) is 1.06. The zero-order valence-corrected chi connectivity index (χ0v) is 16.1. The van der Waals surface area contributed by atoms with Crippen LogP contribution >= 0.6 is 0 Å². The minimum atomic E-state index is -0.508. The Kier molecular flexibility index (Phi) is 6.96. The number of carbonyl (C=O) groups is 2. The number of benzene rings is 2. The Hall–Kier alpha value is -2.62. The molecule has 2 aromatic carbocycles. The van der Waals surface area contributed by atoms with Crippen molar-refractivity contribution in [3.05, 3.63) is 70.8 Å². The Morgan fingerprint density at radius 2 is 1.42 bits per heavy atom. The number of hydrogen-bond acceptors (Lipinski definition) is 2. The molecule has 0 heterocycles. The van der Waals surface area contributed by atoms with E-state index >= 15 is 0 Å². The van der Waals surface area contributed by atoms with Crippen molar-refractivity contribution >= 4 is 11.8 Å². The lowest BCUT2D eigenvalue weighted by atomic mass is 10.1. The van der Waals surface area contributed by atoms with E-state index in [-0.39, 0.29) is 11.8 Å². The quantitative estimate of drug-likeness (QED) is 0.830. The van der Waals surface area contributed by atoms with Gasteiger partial charge >= 0.3 is 0 Å². The van der Waals surface area contributed by atoms with Crippen LogP contribution in [0.1, 0.15) is 35.6 Å². The lowest BCUT2D eigenvalue weighted by Crippen LogP contribution is -2.46. The number of likely N-dealkylation sites (N-methyl/N-ethyl adjacent to an activating group) is 1. The molecule has 4 heteroatoms. The van der Waals surface area contributed by atoms with Crippen LogP contribution in [0.15, 0.2) is 48.5 Å². The highest BCUT2D eigenvalue weighted by Gasteiger charge is 2.25. The van der Waals surface area contributed by atoms with Gasteiger partial charge in [-0.05, 0) is 38.3 Å². The van der Waals surface area contributed by atoms with Crippen molar-refractivity contribution in [1.29, 1.82) is 0 Å². The van der Waals surface area contributed by atoms with E-state index in [4.69, 9.17) is 0 Å². The Balaban J connectivity index is 2.10. The van der Waals surface area contributed by atoms with Gasteiger partial charge in [-0.1, -0.05) is 59.7 Å². The number of nitrogens with one attached hydrogen (secondary N) is 1. The second-order valence-electron chi connectivity index (χ2n) is 6.78. The molecule has 0 aliphatic heterocycles. The van der Waals surface area contributed by atoms with Crippen molar-refractivity contribution < 1.29 is 9.59 Å². The molecule has 0 spiro atoms. The number of aryl methyl sites for hydroxylation is 3.